The Morgan fingerprint density at radius 1 is 1.42 bits per heavy atom. The molecule has 0 aliphatic carbocycles. The maximum atomic E-state index is 11.2. The lowest BCUT2D eigenvalue weighted by Gasteiger charge is -2.17. The summed E-state index contributed by atoms with van der Waals surface area (Å²) in [4.78, 5) is 13.1. The van der Waals surface area contributed by atoms with Crippen molar-refractivity contribution in [2.45, 2.75) is 19.6 Å². The predicted octanol–water partition coefficient (Wildman–Crippen LogP) is 1.94. The van der Waals surface area contributed by atoms with Crippen LogP contribution >= 0.6 is 0 Å². The number of hydrogen-bond acceptors (Lipinski definition) is 4. The normalized spacial score (nSPS) is 13.1. The Bertz CT molecular complexity index is 588. The van der Waals surface area contributed by atoms with Crippen LogP contribution in [0.15, 0.2) is 28.7 Å². The van der Waals surface area contributed by atoms with Crippen LogP contribution in [0.5, 0.6) is 0 Å². The molecule has 19 heavy (non-hydrogen) atoms. The third kappa shape index (κ3) is 2.94. The third-order valence-electron chi connectivity index (χ3n) is 2.90. The highest BCUT2D eigenvalue weighted by Gasteiger charge is 2.20. The molecule has 2 rings (SSSR count). The summed E-state index contributed by atoms with van der Waals surface area (Å²) < 4.78 is 5.38. The molecule has 0 fully saturated rings. The van der Waals surface area contributed by atoms with E-state index in [0.717, 1.165) is 5.39 Å². The SMILES string of the molecule is CC(O)CN(C)Cc1c(C(=O)O)oc2ccccc12. The number of nitrogens with zero attached hydrogens (tertiary/aromatic N) is 1. The van der Waals surface area contributed by atoms with E-state index < -0.39 is 12.1 Å². The molecule has 0 saturated heterocycles. The van der Waals surface area contributed by atoms with Gasteiger partial charge in [-0.25, -0.2) is 4.79 Å². The van der Waals surface area contributed by atoms with E-state index in [1.807, 2.05) is 24.1 Å². The molecule has 2 aromatic rings. The van der Waals surface area contributed by atoms with Crippen LogP contribution in [0.25, 0.3) is 11.0 Å². The van der Waals surface area contributed by atoms with Crippen molar-refractivity contribution >= 4 is 16.9 Å². The first-order chi connectivity index (χ1) is 8.99. The highest BCUT2D eigenvalue weighted by Crippen LogP contribution is 2.26. The molecular weight excluding hydrogens is 246 g/mol. The Balaban J connectivity index is 2.39. The molecule has 0 radical (unpaired) electrons. The van der Waals surface area contributed by atoms with Crippen LogP contribution in [0.1, 0.15) is 23.0 Å². The summed E-state index contributed by atoms with van der Waals surface area (Å²) in [5, 5.41) is 19.4. The van der Waals surface area contributed by atoms with Crippen LogP contribution in [0.2, 0.25) is 0 Å². The van der Waals surface area contributed by atoms with Crippen molar-refractivity contribution in [3.8, 4) is 0 Å². The lowest BCUT2D eigenvalue weighted by atomic mass is 10.1. The second-order valence-corrected chi connectivity index (χ2v) is 4.76. The zero-order chi connectivity index (χ0) is 14.0. The highest BCUT2D eigenvalue weighted by molar-refractivity contribution is 5.95. The molecule has 1 unspecified atom stereocenters. The van der Waals surface area contributed by atoms with Crippen LogP contribution in [-0.2, 0) is 6.54 Å². The second kappa shape index (κ2) is 5.42. The van der Waals surface area contributed by atoms with Crippen LogP contribution in [0, 0.1) is 0 Å². The van der Waals surface area contributed by atoms with Crippen molar-refractivity contribution in [2.75, 3.05) is 13.6 Å². The van der Waals surface area contributed by atoms with Gasteiger partial charge in [0.05, 0.1) is 6.10 Å². The number of carboxylic acids is 1. The number of carboxylic acid groups (broad SMARTS) is 1. The number of aliphatic hydroxyl groups excluding tert-OH is 1. The van der Waals surface area contributed by atoms with Gasteiger partial charge in [-0.2, -0.15) is 0 Å². The van der Waals surface area contributed by atoms with Crippen LogP contribution in [0.3, 0.4) is 0 Å². The van der Waals surface area contributed by atoms with Crippen molar-refractivity contribution in [2.24, 2.45) is 0 Å². The summed E-state index contributed by atoms with van der Waals surface area (Å²) >= 11 is 0. The summed E-state index contributed by atoms with van der Waals surface area (Å²) in [6.07, 6.45) is -0.462. The number of carbonyl (C=O) groups is 1. The van der Waals surface area contributed by atoms with Crippen molar-refractivity contribution in [1.29, 1.82) is 0 Å². The number of rotatable bonds is 5. The molecule has 102 valence electrons. The zero-order valence-corrected chi connectivity index (χ0v) is 11.0. The fourth-order valence-corrected chi connectivity index (χ4v) is 2.21. The molecule has 0 saturated carbocycles. The summed E-state index contributed by atoms with van der Waals surface area (Å²) in [6, 6.07) is 7.25. The average molecular weight is 263 g/mol. The lowest BCUT2D eigenvalue weighted by molar-refractivity contribution is 0.0661. The summed E-state index contributed by atoms with van der Waals surface area (Å²) in [5.74, 6) is -1.10. The van der Waals surface area contributed by atoms with Gasteiger partial charge in [-0.3, -0.25) is 4.90 Å². The maximum absolute atomic E-state index is 11.2. The summed E-state index contributed by atoms with van der Waals surface area (Å²) in [5.41, 5.74) is 1.21. The number of likely N-dealkylation sites (N-methyl/N-ethyl adjacent to an activating group) is 1. The van der Waals surface area contributed by atoms with Gasteiger partial charge >= 0.3 is 5.97 Å². The fraction of sp³-hybridized carbons (Fsp3) is 0.357. The summed E-state index contributed by atoms with van der Waals surface area (Å²) in [7, 11) is 1.83. The third-order valence-corrected chi connectivity index (χ3v) is 2.90. The Hall–Kier alpha value is -1.85. The van der Waals surface area contributed by atoms with E-state index >= 15 is 0 Å². The molecule has 1 aromatic heterocycles. The molecule has 1 atom stereocenters. The van der Waals surface area contributed by atoms with Gasteiger partial charge in [0.25, 0.3) is 0 Å². The van der Waals surface area contributed by atoms with Crippen molar-refractivity contribution in [3.63, 3.8) is 0 Å². The van der Waals surface area contributed by atoms with E-state index in [2.05, 4.69) is 0 Å². The van der Waals surface area contributed by atoms with Crippen LogP contribution in [0.4, 0.5) is 0 Å². The first-order valence-corrected chi connectivity index (χ1v) is 6.09. The number of benzene rings is 1. The number of furan rings is 1. The minimum atomic E-state index is -1.07. The monoisotopic (exact) mass is 263 g/mol. The average Bonchev–Trinajstić information content (AvgIpc) is 2.67. The molecule has 0 amide bonds. The van der Waals surface area contributed by atoms with Gasteiger partial charge in [0.15, 0.2) is 0 Å². The maximum Gasteiger partial charge on any atom is 0.372 e. The van der Waals surface area contributed by atoms with E-state index in [9.17, 15) is 15.0 Å². The largest absolute Gasteiger partial charge is 0.475 e. The van der Waals surface area contributed by atoms with Gasteiger partial charge in [0.1, 0.15) is 5.58 Å². The molecule has 0 spiro atoms. The Morgan fingerprint density at radius 2 is 2.11 bits per heavy atom. The molecule has 0 bridgehead atoms. The van der Waals surface area contributed by atoms with E-state index in [1.54, 1.807) is 19.1 Å². The zero-order valence-electron chi connectivity index (χ0n) is 11.0. The smallest absolute Gasteiger partial charge is 0.372 e. The first kappa shape index (κ1) is 13.6. The molecule has 1 aromatic carbocycles. The minimum Gasteiger partial charge on any atom is -0.475 e. The minimum absolute atomic E-state index is 0.0290. The molecule has 0 aliphatic rings. The van der Waals surface area contributed by atoms with Gasteiger partial charge in [-0.1, -0.05) is 18.2 Å². The van der Waals surface area contributed by atoms with Gasteiger partial charge in [-0.05, 0) is 20.0 Å². The molecule has 2 N–H and O–H groups in total. The number of aliphatic hydroxyl groups is 1. The van der Waals surface area contributed by atoms with Gasteiger partial charge in [-0.15, -0.1) is 0 Å². The number of aromatic carboxylic acids is 1. The predicted molar refractivity (Wildman–Crippen MR) is 71.2 cm³/mol. The highest BCUT2D eigenvalue weighted by atomic mass is 16.4. The standard InChI is InChI=1S/C14H17NO4/c1-9(16)7-15(2)8-11-10-5-3-4-6-12(10)19-13(11)14(17)18/h3-6,9,16H,7-8H2,1-2H3,(H,17,18). The topological polar surface area (TPSA) is 73.9 Å². The van der Waals surface area contributed by atoms with E-state index in [4.69, 9.17) is 4.42 Å². The Kier molecular flexibility index (Phi) is 3.87. The second-order valence-electron chi connectivity index (χ2n) is 4.76. The Labute approximate surface area is 111 Å². The Morgan fingerprint density at radius 3 is 2.74 bits per heavy atom. The van der Waals surface area contributed by atoms with E-state index in [1.165, 1.54) is 0 Å². The van der Waals surface area contributed by atoms with Gasteiger partial charge < -0.3 is 14.6 Å². The van der Waals surface area contributed by atoms with E-state index in [-0.39, 0.29) is 5.76 Å². The molecule has 0 aliphatic heterocycles. The quantitative estimate of drug-likeness (QED) is 0.862. The van der Waals surface area contributed by atoms with Gasteiger partial charge in [0.2, 0.25) is 5.76 Å². The van der Waals surface area contributed by atoms with Crippen LogP contribution < -0.4 is 0 Å². The summed E-state index contributed by atoms with van der Waals surface area (Å²) in [6.45, 7) is 2.59. The molecule has 5 nitrogen and oxygen atoms in total. The molecule has 5 heteroatoms. The molecule has 1 heterocycles. The number of para-hydroxylation sites is 1. The number of hydrogen-bond donors (Lipinski definition) is 2. The van der Waals surface area contributed by atoms with Crippen LogP contribution in [-0.4, -0.2) is 40.8 Å². The van der Waals surface area contributed by atoms with Crippen molar-refractivity contribution in [1.82, 2.24) is 4.90 Å². The van der Waals surface area contributed by atoms with Crippen molar-refractivity contribution < 1.29 is 19.4 Å². The first-order valence-electron chi connectivity index (χ1n) is 6.09. The number of fused-ring (bicyclic) bond motifs is 1. The lowest BCUT2D eigenvalue weighted by Crippen LogP contribution is -2.27. The van der Waals surface area contributed by atoms with E-state index in [0.29, 0.717) is 24.2 Å². The molecular formula is C14H17NO4. The van der Waals surface area contributed by atoms with Gasteiger partial charge in [0, 0.05) is 24.0 Å². The van der Waals surface area contributed by atoms with Crippen molar-refractivity contribution in [3.05, 3.63) is 35.6 Å². The fourth-order valence-electron chi connectivity index (χ4n) is 2.21.